The third-order valence-corrected chi connectivity index (χ3v) is 6.59. The molecule has 6 heteroatoms. The number of aromatic nitrogens is 3. The highest BCUT2D eigenvalue weighted by Crippen LogP contribution is 2.26. The fourth-order valence-corrected chi connectivity index (χ4v) is 4.49. The fraction of sp³-hybridized carbons (Fsp3) is 0.259. The van der Waals surface area contributed by atoms with E-state index >= 15 is 0 Å². The van der Waals surface area contributed by atoms with Gasteiger partial charge in [0.25, 0.3) is 5.91 Å². The molecule has 3 heterocycles. The van der Waals surface area contributed by atoms with Gasteiger partial charge in [-0.25, -0.2) is 4.68 Å². The first-order chi connectivity index (χ1) is 16.0. The standard InChI is InChI=1S/C27H29N5O/c1-20-9-11-23(12-10-20)32-26(30-13-4-5-14-30)24(19-28-32)27(33)31-17-15-29(16-18-31)25-8-6-7-21(2)22(25)3/h4-14,19H,15-18H2,1-3H3. The molecule has 0 N–H and O–H groups in total. The van der Waals surface area contributed by atoms with Gasteiger partial charge in [0.15, 0.2) is 5.82 Å². The molecule has 4 aromatic rings. The van der Waals surface area contributed by atoms with E-state index < -0.39 is 0 Å². The van der Waals surface area contributed by atoms with E-state index in [1.807, 2.05) is 50.8 Å². The van der Waals surface area contributed by atoms with E-state index in [2.05, 4.69) is 61.1 Å². The van der Waals surface area contributed by atoms with Gasteiger partial charge in [-0.3, -0.25) is 4.79 Å². The van der Waals surface area contributed by atoms with Crippen molar-refractivity contribution in [3.8, 4) is 11.5 Å². The highest BCUT2D eigenvalue weighted by Gasteiger charge is 2.27. The average molecular weight is 440 g/mol. The van der Waals surface area contributed by atoms with Gasteiger partial charge in [0.05, 0.1) is 11.9 Å². The molecular weight excluding hydrogens is 410 g/mol. The van der Waals surface area contributed by atoms with Crippen LogP contribution in [-0.4, -0.2) is 51.3 Å². The fourth-order valence-electron chi connectivity index (χ4n) is 4.49. The Labute approximate surface area is 194 Å². The zero-order chi connectivity index (χ0) is 22.9. The minimum atomic E-state index is 0.0256. The summed E-state index contributed by atoms with van der Waals surface area (Å²) in [6, 6.07) is 18.5. The number of piperazine rings is 1. The van der Waals surface area contributed by atoms with Crippen LogP contribution in [0.25, 0.3) is 11.5 Å². The van der Waals surface area contributed by atoms with Gasteiger partial charge in [-0.2, -0.15) is 5.10 Å². The van der Waals surface area contributed by atoms with Crippen molar-refractivity contribution in [2.24, 2.45) is 0 Å². The summed E-state index contributed by atoms with van der Waals surface area (Å²) in [5.74, 6) is 0.795. The van der Waals surface area contributed by atoms with Crippen LogP contribution in [0, 0.1) is 20.8 Å². The third-order valence-electron chi connectivity index (χ3n) is 6.59. The first-order valence-electron chi connectivity index (χ1n) is 11.4. The molecule has 5 rings (SSSR count). The maximum atomic E-state index is 13.6. The molecule has 0 aliphatic carbocycles. The van der Waals surface area contributed by atoms with Crippen LogP contribution < -0.4 is 4.90 Å². The second-order valence-electron chi connectivity index (χ2n) is 8.72. The molecule has 1 fully saturated rings. The van der Waals surface area contributed by atoms with E-state index in [1.165, 1.54) is 22.4 Å². The first-order valence-corrected chi connectivity index (χ1v) is 11.4. The first kappa shape index (κ1) is 21.1. The zero-order valence-corrected chi connectivity index (χ0v) is 19.4. The van der Waals surface area contributed by atoms with Crippen molar-refractivity contribution >= 4 is 11.6 Å². The monoisotopic (exact) mass is 439 g/mol. The smallest absolute Gasteiger partial charge is 0.259 e. The van der Waals surface area contributed by atoms with Crippen LogP contribution >= 0.6 is 0 Å². The molecule has 2 aromatic carbocycles. The van der Waals surface area contributed by atoms with Gasteiger partial charge in [-0.1, -0.05) is 29.8 Å². The van der Waals surface area contributed by atoms with E-state index in [-0.39, 0.29) is 5.91 Å². The van der Waals surface area contributed by atoms with E-state index in [1.54, 1.807) is 6.20 Å². The summed E-state index contributed by atoms with van der Waals surface area (Å²) >= 11 is 0. The van der Waals surface area contributed by atoms with Gasteiger partial charge >= 0.3 is 0 Å². The maximum Gasteiger partial charge on any atom is 0.259 e. The van der Waals surface area contributed by atoms with Crippen LogP contribution in [0.3, 0.4) is 0 Å². The number of aryl methyl sites for hydroxylation is 2. The second-order valence-corrected chi connectivity index (χ2v) is 8.72. The number of carbonyl (C=O) groups excluding carboxylic acids is 1. The number of anilines is 1. The van der Waals surface area contributed by atoms with Crippen molar-refractivity contribution < 1.29 is 4.79 Å². The van der Waals surface area contributed by atoms with E-state index in [4.69, 9.17) is 0 Å². The van der Waals surface area contributed by atoms with Crippen molar-refractivity contribution in [3.63, 3.8) is 0 Å². The zero-order valence-electron chi connectivity index (χ0n) is 19.4. The lowest BCUT2D eigenvalue weighted by Crippen LogP contribution is -2.49. The Morgan fingerprint density at radius 1 is 0.848 bits per heavy atom. The highest BCUT2D eigenvalue weighted by molar-refractivity contribution is 5.97. The summed E-state index contributed by atoms with van der Waals surface area (Å²) in [7, 11) is 0. The summed E-state index contributed by atoms with van der Waals surface area (Å²) in [6.07, 6.45) is 5.61. The van der Waals surface area contributed by atoms with E-state index in [0.717, 1.165) is 24.6 Å². The molecule has 0 unspecified atom stereocenters. The molecule has 1 aliphatic rings. The van der Waals surface area contributed by atoms with Crippen LogP contribution in [0.2, 0.25) is 0 Å². The van der Waals surface area contributed by atoms with Crippen molar-refractivity contribution in [1.82, 2.24) is 19.2 Å². The minimum absolute atomic E-state index is 0.0256. The highest BCUT2D eigenvalue weighted by atomic mass is 16.2. The molecule has 0 radical (unpaired) electrons. The summed E-state index contributed by atoms with van der Waals surface area (Å²) in [6.45, 7) is 9.40. The Morgan fingerprint density at radius 2 is 1.55 bits per heavy atom. The Bertz CT molecular complexity index is 1260. The Balaban J connectivity index is 1.41. The average Bonchev–Trinajstić information content (AvgIpc) is 3.51. The number of hydrogen-bond acceptors (Lipinski definition) is 3. The lowest BCUT2D eigenvalue weighted by atomic mass is 10.1. The second kappa shape index (κ2) is 8.62. The number of amides is 1. The van der Waals surface area contributed by atoms with Gasteiger partial charge in [0.2, 0.25) is 0 Å². The number of hydrogen-bond donors (Lipinski definition) is 0. The predicted octanol–water partition coefficient (Wildman–Crippen LogP) is 4.55. The van der Waals surface area contributed by atoms with Gasteiger partial charge in [-0.15, -0.1) is 0 Å². The number of rotatable bonds is 4. The quantitative estimate of drug-likeness (QED) is 0.469. The predicted molar refractivity (Wildman–Crippen MR) is 132 cm³/mol. The molecule has 168 valence electrons. The summed E-state index contributed by atoms with van der Waals surface area (Å²) < 4.78 is 3.81. The van der Waals surface area contributed by atoms with Crippen molar-refractivity contribution in [3.05, 3.63) is 95.4 Å². The molecule has 0 atom stereocenters. The van der Waals surface area contributed by atoms with Gasteiger partial charge in [0, 0.05) is 44.3 Å². The number of nitrogens with zero attached hydrogens (tertiary/aromatic N) is 5. The van der Waals surface area contributed by atoms with Crippen LogP contribution in [0.1, 0.15) is 27.0 Å². The molecule has 1 amide bonds. The normalized spacial score (nSPS) is 14.0. The SMILES string of the molecule is Cc1ccc(-n2ncc(C(=O)N3CCN(c4cccc(C)c4C)CC3)c2-n2cccc2)cc1. The van der Waals surface area contributed by atoms with Crippen molar-refractivity contribution in [2.75, 3.05) is 31.1 Å². The molecule has 1 aliphatic heterocycles. The van der Waals surface area contributed by atoms with E-state index in [0.29, 0.717) is 18.7 Å². The summed E-state index contributed by atoms with van der Waals surface area (Å²) in [5, 5.41) is 4.61. The molecule has 0 saturated carbocycles. The molecule has 33 heavy (non-hydrogen) atoms. The van der Waals surface area contributed by atoms with Gasteiger partial charge in [0.1, 0.15) is 5.56 Å². The lowest BCUT2D eigenvalue weighted by molar-refractivity contribution is 0.0746. The van der Waals surface area contributed by atoms with Crippen molar-refractivity contribution in [1.29, 1.82) is 0 Å². The van der Waals surface area contributed by atoms with Crippen molar-refractivity contribution in [2.45, 2.75) is 20.8 Å². The Hall–Kier alpha value is -3.80. The Kier molecular flexibility index (Phi) is 5.50. The number of benzene rings is 2. The van der Waals surface area contributed by atoms with Crippen LogP contribution in [0.5, 0.6) is 0 Å². The molecule has 0 bridgehead atoms. The molecule has 6 nitrogen and oxygen atoms in total. The largest absolute Gasteiger partial charge is 0.368 e. The van der Waals surface area contributed by atoms with Crippen LogP contribution in [0.4, 0.5) is 5.69 Å². The summed E-state index contributed by atoms with van der Waals surface area (Å²) in [4.78, 5) is 18.0. The van der Waals surface area contributed by atoms with Crippen LogP contribution in [0.15, 0.2) is 73.2 Å². The minimum Gasteiger partial charge on any atom is -0.368 e. The maximum absolute atomic E-state index is 13.6. The molecule has 1 saturated heterocycles. The third kappa shape index (κ3) is 3.93. The number of carbonyl (C=O) groups is 1. The van der Waals surface area contributed by atoms with E-state index in [9.17, 15) is 4.79 Å². The topological polar surface area (TPSA) is 46.3 Å². The summed E-state index contributed by atoms with van der Waals surface area (Å²) in [5.41, 5.74) is 6.61. The molecule has 0 spiro atoms. The van der Waals surface area contributed by atoms with Crippen LogP contribution in [-0.2, 0) is 0 Å². The lowest BCUT2D eigenvalue weighted by Gasteiger charge is -2.37. The van der Waals surface area contributed by atoms with Gasteiger partial charge < -0.3 is 14.4 Å². The molecular formula is C27H29N5O. The van der Waals surface area contributed by atoms with Gasteiger partial charge in [-0.05, 0) is 62.2 Å². The molecule has 2 aromatic heterocycles. The Morgan fingerprint density at radius 3 is 2.24 bits per heavy atom.